The van der Waals surface area contributed by atoms with Crippen LogP contribution in [-0.4, -0.2) is 19.6 Å². The molecule has 0 aromatic heterocycles. The van der Waals surface area contributed by atoms with Crippen LogP contribution in [0, 0.1) is 6.92 Å². The third-order valence-electron chi connectivity index (χ3n) is 3.92. The number of carbonyl (C=O) groups excluding carboxylic acids is 1. The predicted octanol–water partition coefficient (Wildman–Crippen LogP) is 4.76. The van der Waals surface area contributed by atoms with E-state index in [-0.39, 0.29) is 12.5 Å². The molecular formula is C22H22N2O3. The predicted molar refractivity (Wildman–Crippen MR) is 108 cm³/mol. The minimum Gasteiger partial charge on any atom is -0.497 e. The monoisotopic (exact) mass is 362 g/mol. The number of hydrogen-bond acceptors (Lipinski definition) is 4. The molecule has 0 unspecified atom stereocenters. The quantitative estimate of drug-likeness (QED) is 0.636. The molecular weight excluding hydrogens is 340 g/mol. The van der Waals surface area contributed by atoms with E-state index in [0.29, 0.717) is 11.4 Å². The van der Waals surface area contributed by atoms with E-state index < -0.39 is 0 Å². The van der Waals surface area contributed by atoms with Gasteiger partial charge in [0.1, 0.15) is 11.5 Å². The molecule has 0 spiro atoms. The number of rotatable bonds is 7. The molecule has 0 aliphatic carbocycles. The Kier molecular flexibility index (Phi) is 5.94. The number of ether oxygens (including phenoxy) is 2. The zero-order chi connectivity index (χ0) is 19.1. The smallest absolute Gasteiger partial charge is 0.262 e. The summed E-state index contributed by atoms with van der Waals surface area (Å²) in [4.78, 5) is 12.0. The highest BCUT2D eigenvalue weighted by atomic mass is 16.5. The van der Waals surface area contributed by atoms with Gasteiger partial charge in [0.2, 0.25) is 0 Å². The summed E-state index contributed by atoms with van der Waals surface area (Å²) in [5.41, 5.74) is 3.70. The summed E-state index contributed by atoms with van der Waals surface area (Å²) in [6.07, 6.45) is 0. The molecule has 0 saturated carbocycles. The zero-order valence-corrected chi connectivity index (χ0v) is 15.4. The number of carbonyl (C=O) groups is 1. The van der Waals surface area contributed by atoms with Crippen LogP contribution in [0.3, 0.4) is 0 Å². The van der Waals surface area contributed by atoms with Gasteiger partial charge >= 0.3 is 0 Å². The van der Waals surface area contributed by atoms with E-state index in [2.05, 4.69) is 10.6 Å². The van der Waals surface area contributed by atoms with E-state index in [4.69, 9.17) is 9.47 Å². The number of hydrogen-bond donors (Lipinski definition) is 2. The SMILES string of the molecule is COc1cccc(Nc2ccc(NC(=O)COc3ccc(C)cc3)cc2)c1. The highest BCUT2D eigenvalue weighted by Gasteiger charge is 2.04. The first-order valence-electron chi connectivity index (χ1n) is 8.63. The van der Waals surface area contributed by atoms with Gasteiger partial charge in [0.15, 0.2) is 6.61 Å². The maximum atomic E-state index is 12.0. The molecule has 1 amide bonds. The van der Waals surface area contributed by atoms with Crippen molar-refractivity contribution in [3.8, 4) is 11.5 Å². The van der Waals surface area contributed by atoms with Gasteiger partial charge in [-0.2, -0.15) is 0 Å². The molecule has 5 heteroatoms. The Morgan fingerprint density at radius 3 is 2.26 bits per heavy atom. The Morgan fingerprint density at radius 2 is 1.56 bits per heavy atom. The molecule has 2 N–H and O–H groups in total. The fourth-order valence-electron chi connectivity index (χ4n) is 2.48. The van der Waals surface area contributed by atoms with E-state index in [9.17, 15) is 4.79 Å². The van der Waals surface area contributed by atoms with Gasteiger partial charge in [-0.05, 0) is 55.5 Å². The van der Waals surface area contributed by atoms with Crippen molar-refractivity contribution in [3.63, 3.8) is 0 Å². The molecule has 5 nitrogen and oxygen atoms in total. The lowest BCUT2D eigenvalue weighted by Crippen LogP contribution is -2.20. The average Bonchev–Trinajstić information content (AvgIpc) is 2.69. The van der Waals surface area contributed by atoms with Gasteiger partial charge in [-0.1, -0.05) is 23.8 Å². The van der Waals surface area contributed by atoms with Gasteiger partial charge in [0.25, 0.3) is 5.91 Å². The third-order valence-corrected chi connectivity index (χ3v) is 3.92. The molecule has 0 heterocycles. The minimum absolute atomic E-state index is 0.0348. The second-order valence-electron chi connectivity index (χ2n) is 6.08. The summed E-state index contributed by atoms with van der Waals surface area (Å²) in [6, 6.07) is 22.8. The molecule has 0 atom stereocenters. The first-order chi connectivity index (χ1) is 13.1. The number of anilines is 3. The summed E-state index contributed by atoms with van der Waals surface area (Å²) >= 11 is 0. The number of aryl methyl sites for hydroxylation is 1. The van der Waals surface area contributed by atoms with Crippen LogP contribution in [0.25, 0.3) is 0 Å². The highest BCUT2D eigenvalue weighted by molar-refractivity contribution is 5.92. The standard InChI is InChI=1S/C22H22N2O3/c1-16-6-12-20(13-7-16)27-15-22(25)24-18-10-8-17(9-11-18)23-19-4-3-5-21(14-19)26-2/h3-14,23H,15H2,1-2H3,(H,24,25). The molecule has 3 aromatic carbocycles. The molecule has 138 valence electrons. The van der Waals surface area contributed by atoms with Crippen molar-refractivity contribution in [2.45, 2.75) is 6.92 Å². The van der Waals surface area contributed by atoms with Gasteiger partial charge in [-0.25, -0.2) is 0 Å². The van der Waals surface area contributed by atoms with Crippen molar-refractivity contribution in [2.75, 3.05) is 24.4 Å². The molecule has 0 aliphatic rings. The van der Waals surface area contributed by atoms with Gasteiger partial charge in [0, 0.05) is 23.1 Å². The lowest BCUT2D eigenvalue weighted by molar-refractivity contribution is -0.118. The molecule has 0 saturated heterocycles. The van der Waals surface area contributed by atoms with Crippen LogP contribution in [0.2, 0.25) is 0 Å². The fourth-order valence-corrected chi connectivity index (χ4v) is 2.48. The fraction of sp³-hybridized carbons (Fsp3) is 0.136. The lowest BCUT2D eigenvalue weighted by Gasteiger charge is -2.10. The van der Waals surface area contributed by atoms with Gasteiger partial charge in [0.05, 0.1) is 7.11 Å². The molecule has 27 heavy (non-hydrogen) atoms. The summed E-state index contributed by atoms with van der Waals surface area (Å²) in [5.74, 6) is 1.26. The molecule has 0 bridgehead atoms. The second-order valence-corrected chi connectivity index (χ2v) is 6.08. The van der Waals surface area contributed by atoms with E-state index in [0.717, 1.165) is 22.7 Å². The Bertz CT molecular complexity index is 890. The summed E-state index contributed by atoms with van der Waals surface area (Å²) in [5, 5.41) is 6.11. The van der Waals surface area contributed by atoms with Crippen LogP contribution in [0.5, 0.6) is 11.5 Å². The maximum Gasteiger partial charge on any atom is 0.262 e. The van der Waals surface area contributed by atoms with Crippen LogP contribution >= 0.6 is 0 Å². The molecule has 0 radical (unpaired) electrons. The molecule has 0 aliphatic heterocycles. The van der Waals surface area contributed by atoms with Crippen molar-refractivity contribution in [3.05, 3.63) is 78.4 Å². The van der Waals surface area contributed by atoms with E-state index in [1.165, 1.54) is 0 Å². The van der Waals surface area contributed by atoms with E-state index in [1.807, 2.05) is 79.7 Å². The molecule has 0 fully saturated rings. The van der Waals surface area contributed by atoms with Crippen molar-refractivity contribution in [1.82, 2.24) is 0 Å². The molecule has 3 aromatic rings. The van der Waals surface area contributed by atoms with Crippen molar-refractivity contribution < 1.29 is 14.3 Å². The van der Waals surface area contributed by atoms with Crippen molar-refractivity contribution in [2.24, 2.45) is 0 Å². The summed E-state index contributed by atoms with van der Waals surface area (Å²) < 4.78 is 10.7. The van der Waals surface area contributed by atoms with Gasteiger partial charge in [-0.3, -0.25) is 4.79 Å². The van der Waals surface area contributed by atoms with E-state index in [1.54, 1.807) is 7.11 Å². The number of amides is 1. The minimum atomic E-state index is -0.205. The Labute approximate surface area is 158 Å². The third kappa shape index (κ3) is 5.51. The van der Waals surface area contributed by atoms with E-state index >= 15 is 0 Å². The normalized spacial score (nSPS) is 10.1. The Morgan fingerprint density at radius 1 is 0.852 bits per heavy atom. The number of benzene rings is 3. The van der Waals surface area contributed by atoms with Crippen LogP contribution in [0.15, 0.2) is 72.8 Å². The largest absolute Gasteiger partial charge is 0.497 e. The zero-order valence-electron chi connectivity index (χ0n) is 15.4. The average molecular weight is 362 g/mol. The Hall–Kier alpha value is -3.47. The Balaban J connectivity index is 1.52. The van der Waals surface area contributed by atoms with Gasteiger partial charge in [-0.15, -0.1) is 0 Å². The topological polar surface area (TPSA) is 59.6 Å². The highest BCUT2D eigenvalue weighted by Crippen LogP contribution is 2.22. The maximum absolute atomic E-state index is 12.0. The molecule has 3 rings (SSSR count). The summed E-state index contributed by atoms with van der Waals surface area (Å²) in [6.45, 7) is 1.97. The number of nitrogens with one attached hydrogen (secondary N) is 2. The number of methoxy groups -OCH3 is 1. The van der Waals surface area contributed by atoms with Crippen LogP contribution in [0.1, 0.15) is 5.56 Å². The van der Waals surface area contributed by atoms with Crippen molar-refractivity contribution in [1.29, 1.82) is 0 Å². The first-order valence-corrected chi connectivity index (χ1v) is 8.63. The van der Waals surface area contributed by atoms with Gasteiger partial charge < -0.3 is 20.1 Å². The lowest BCUT2D eigenvalue weighted by atomic mass is 10.2. The first kappa shape index (κ1) is 18.3. The van der Waals surface area contributed by atoms with Crippen LogP contribution in [-0.2, 0) is 4.79 Å². The summed E-state index contributed by atoms with van der Waals surface area (Å²) in [7, 11) is 1.64. The van der Waals surface area contributed by atoms with Crippen molar-refractivity contribution >= 4 is 23.0 Å². The van der Waals surface area contributed by atoms with Crippen LogP contribution < -0.4 is 20.1 Å². The van der Waals surface area contributed by atoms with Crippen LogP contribution in [0.4, 0.5) is 17.1 Å². The second kappa shape index (κ2) is 8.76.